The molecule has 1 atom stereocenters. The Labute approximate surface area is 147 Å². The van der Waals surface area contributed by atoms with E-state index < -0.39 is 0 Å². The molecule has 1 aromatic heterocycles. The first-order valence-corrected chi connectivity index (χ1v) is 8.66. The Bertz CT molecular complexity index is 875. The monoisotopic (exact) mass is 336 g/mol. The average Bonchev–Trinajstić information content (AvgIpc) is 2.95. The zero-order chi connectivity index (χ0) is 18.0. The Hall–Kier alpha value is -2.81. The number of hydrogen-bond donors (Lipinski definition) is 2. The summed E-state index contributed by atoms with van der Waals surface area (Å²) in [4.78, 5) is 4.10. The molecule has 130 valence electrons. The van der Waals surface area contributed by atoms with Gasteiger partial charge in [0.15, 0.2) is 5.96 Å². The number of fused-ring (bicyclic) bond motifs is 1. The maximum Gasteiger partial charge on any atom is 0.190 e. The summed E-state index contributed by atoms with van der Waals surface area (Å²) >= 11 is 0. The molecule has 6 nitrogen and oxygen atoms in total. The largest absolute Gasteiger partial charge is 0.370 e. The van der Waals surface area contributed by atoms with Gasteiger partial charge in [-0.25, -0.2) is 4.99 Å². The molecule has 1 saturated carbocycles. The van der Waals surface area contributed by atoms with Crippen molar-refractivity contribution in [3.05, 3.63) is 41.7 Å². The first-order valence-electron chi connectivity index (χ1n) is 8.66. The van der Waals surface area contributed by atoms with E-state index >= 15 is 0 Å². The molecule has 4 N–H and O–H groups in total. The van der Waals surface area contributed by atoms with Crippen LogP contribution in [0.2, 0.25) is 0 Å². The molecule has 3 rings (SSSR count). The lowest BCUT2D eigenvalue weighted by molar-refractivity contribution is 0.324. The normalized spacial score (nSPS) is 17.6. The number of nitrogens with two attached hydrogens (primary N) is 2. The highest BCUT2D eigenvalue weighted by Gasteiger charge is 2.39. The molecule has 0 amide bonds. The first kappa shape index (κ1) is 17.0. The summed E-state index contributed by atoms with van der Waals surface area (Å²) in [5.74, 6) is 0.0529. The van der Waals surface area contributed by atoms with E-state index in [0.29, 0.717) is 0 Å². The topological polar surface area (TPSA) is 106 Å². The van der Waals surface area contributed by atoms with Crippen LogP contribution in [-0.4, -0.2) is 15.7 Å². The molecule has 0 radical (unpaired) electrons. The van der Waals surface area contributed by atoms with Gasteiger partial charge in [0.05, 0.1) is 29.2 Å². The maximum atomic E-state index is 9.62. The highest BCUT2D eigenvalue weighted by Crippen LogP contribution is 2.43. The zero-order valence-corrected chi connectivity index (χ0v) is 14.7. The first-order chi connectivity index (χ1) is 12.0. The molecule has 0 bridgehead atoms. The van der Waals surface area contributed by atoms with Gasteiger partial charge >= 0.3 is 0 Å². The van der Waals surface area contributed by atoms with Crippen LogP contribution in [0.5, 0.6) is 0 Å². The predicted octanol–water partition coefficient (Wildman–Crippen LogP) is 3.11. The van der Waals surface area contributed by atoms with Crippen LogP contribution < -0.4 is 11.5 Å². The fourth-order valence-corrected chi connectivity index (χ4v) is 3.48. The third-order valence-corrected chi connectivity index (χ3v) is 5.04. The van der Waals surface area contributed by atoms with Crippen molar-refractivity contribution in [1.82, 2.24) is 9.78 Å². The van der Waals surface area contributed by atoms with E-state index in [-0.39, 0.29) is 17.4 Å². The molecule has 1 aromatic carbocycles. The number of aromatic nitrogens is 2. The second-order valence-corrected chi connectivity index (χ2v) is 6.73. The van der Waals surface area contributed by atoms with Crippen LogP contribution in [0.15, 0.2) is 41.2 Å². The molecular weight excluding hydrogens is 312 g/mol. The predicted molar refractivity (Wildman–Crippen MR) is 99.8 cm³/mol. The van der Waals surface area contributed by atoms with E-state index in [1.54, 1.807) is 0 Å². The second-order valence-electron chi connectivity index (χ2n) is 6.73. The van der Waals surface area contributed by atoms with Crippen molar-refractivity contribution in [2.45, 2.75) is 51.0 Å². The lowest BCUT2D eigenvalue weighted by Gasteiger charge is -2.35. The van der Waals surface area contributed by atoms with Gasteiger partial charge in [-0.1, -0.05) is 19.1 Å². The lowest BCUT2D eigenvalue weighted by Crippen LogP contribution is -2.32. The lowest BCUT2D eigenvalue weighted by atomic mass is 9.65. The second kappa shape index (κ2) is 6.60. The van der Waals surface area contributed by atoms with Crippen LogP contribution in [0.4, 0.5) is 0 Å². The highest BCUT2D eigenvalue weighted by molar-refractivity contribution is 5.80. The fourth-order valence-electron chi connectivity index (χ4n) is 3.48. The number of guanidine groups is 1. The van der Waals surface area contributed by atoms with Crippen LogP contribution in [0.3, 0.4) is 0 Å². The minimum Gasteiger partial charge on any atom is -0.370 e. The van der Waals surface area contributed by atoms with Crippen LogP contribution in [0.25, 0.3) is 10.9 Å². The summed E-state index contributed by atoms with van der Waals surface area (Å²) in [7, 11) is 0. The third kappa shape index (κ3) is 3.10. The number of benzene rings is 1. The summed E-state index contributed by atoms with van der Waals surface area (Å²) in [5, 5.41) is 15.3. The van der Waals surface area contributed by atoms with E-state index in [0.717, 1.165) is 47.8 Å². The van der Waals surface area contributed by atoms with E-state index in [1.165, 1.54) is 0 Å². The molecule has 1 fully saturated rings. The standard InChI is InChI=1S/C19H24N6/c1-3-16(9-13(2)24-18(21)22)25-17-10-15(6-5-14(17)11-23-25)19(12-20)7-4-8-19/h5-6,9-11,16H,3-4,7-8H2,1-2H3,(H4,21,22,24)/b13-9-. The van der Waals surface area contributed by atoms with E-state index in [2.05, 4.69) is 41.3 Å². The quantitative estimate of drug-likeness (QED) is 0.646. The highest BCUT2D eigenvalue weighted by atomic mass is 15.3. The average molecular weight is 336 g/mol. The summed E-state index contributed by atoms with van der Waals surface area (Å²) in [5.41, 5.74) is 13.5. The number of allylic oxidation sites excluding steroid dienone is 2. The minimum atomic E-state index is -0.324. The Kier molecular flexibility index (Phi) is 4.49. The van der Waals surface area contributed by atoms with Crippen molar-refractivity contribution < 1.29 is 0 Å². The third-order valence-electron chi connectivity index (χ3n) is 5.04. The van der Waals surface area contributed by atoms with Crippen LogP contribution in [0.1, 0.15) is 51.1 Å². The van der Waals surface area contributed by atoms with Gasteiger partial charge in [-0.15, -0.1) is 0 Å². The van der Waals surface area contributed by atoms with Crippen molar-refractivity contribution in [3.63, 3.8) is 0 Å². The summed E-state index contributed by atoms with van der Waals surface area (Å²) in [6.45, 7) is 3.97. The van der Waals surface area contributed by atoms with E-state index in [1.807, 2.05) is 23.9 Å². The summed E-state index contributed by atoms with van der Waals surface area (Å²) in [6.07, 6.45) is 7.73. The van der Waals surface area contributed by atoms with Gasteiger partial charge in [0.1, 0.15) is 0 Å². The molecule has 2 aromatic rings. The Balaban J connectivity index is 2.04. The number of nitriles is 1. The molecule has 25 heavy (non-hydrogen) atoms. The Morgan fingerprint density at radius 3 is 2.80 bits per heavy atom. The Morgan fingerprint density at radius 1 is 1.48 bits per heavy atom. The van der Waals surface area contributed by atoms with Crippen molar-refractivity contribution in [3.8, 4) is 6.07 Å². The van der Waals surface area contributed by atoms with Gasteiger partial charge in [-0.05, 0) is 50.3 Å². The number of rotatable bonds is 5. The minimum absolute atomic E-state index is 0.0512. The molecular formula is C19H24N6. The molecule has 1 unspecified atom stereocenters. The van der Waals surface area contributed by atoms with Crippen LogP contribution >= 0.6 is 0 Å². The zero-order valence-electron chi connectivity index (χ0n) is 14.7. The van der Waals surface area contributed by atoms with Crippen LogP contribution in [-0.2, 0) is 5.41 Å². The van der Waals surface area contributed by atoms with Gasteiger partial charge in [0.25, 0.3) is 0 Å². The van der Waals surface area contributed by atoms with Crippen molar-refractivity contribution in [1.29, 1.82) is 5.26 Å². The molecule has 1 heterocycles. The Morgan fingerprint density at radius 2 is 2.24 bits per heavy atom. The van der Waals surface area contributed by atoms with Crippen LogP contribution in [0, 0.1) is 11.3 Å². The van der Waals surface area contributed by atoms with Gasteiger partial charge in [-0.2, -0.15) is 10.4 Å². The summed E-state index contributed by atoms with van der Waals surface area (Å²) in [6, 6.07) is 8.82. The maximum absolute atomic E-state index is 9.62. The van der Waals surface area contributed by atoms with Crippen molar-refractivity contribution >= 4 is 16.9 Å². The van der Waals surface area contributed by atoms with Crippen molar-refractivity contribution in [2.24, 2.45) is 16.5 Å². The van der Waals surface area contributed by atoms with E-state index in [4.69, 9.17) is 11.5 Å². The molecule has 0 aliphatic heterocycles. The summed E-state index contributed by atoms with van der Waals surface area (Å²) < 4.78 is 1.99. The molecule has 6 heteroatoms. The smallest absolute Gasteiger partial charge is 0.190 e. The molecule has 1 aliphatic carbocycles. The van der Waals surface area contributed by atoms with E-state index in [9.17, 15) is 5.26 Å². The van der Waals surface area contributed by atoms with Crippen molar-refractivity contribution in [2.75, 3.05) is 0 Å². The molecule has 1 aliphatic rings. The molecule has 0 saturated heterocycles. The van der Waals surface area contributed by atoms with Gasteiger partial charge in [0.2, 0.25) is 0 Å². The van der Waals surface area contributed by atoms with Gasteiger partial charge < -0.3 is 11.5 Å². The number of aliphatic imine (C=N–C) groups is 1. The molecule has 0 spiro atoms. The fraction of sp³-hybridized carbons (Fsp3) is 0.421. The SMILES string of the molecule is CCC(/C=C(/C)N=C(N)N)n1ncc2ccc(C3(C#N)CCC3)cc21. The number of hydrogen-bond acceptors (Lipinski definition) is 3. The number of nitrogens with zero attached hydrogens (tertiary/aromatic N) is 4. The van der Waals surface area contributed by atoms with Gasteiger partial charge in [0, 0.05) is 11.1 Å². The van der Waals surface area contributed by atoms with Gasteiger partial charge in [-0.3, -0.25) is 4.68 Å².